The predicted molar refractivity (Wildman–Crippen MR) is 124 cm³/mol. The van der Waals surface area contributed by atoms with Crippen molar-refractivity contribution in [3.8, 4) is 0 Å². The minimum atomic E-state index is -0.216. The highest BCUT2D eigenvalue weighted by Gasteiger charge is 2.30. The van der Waals surface area contributed by atoms with Crippen LogP contribution in [0.4, 0.5) is 5.69 Å². The molecule has 1 fully saturated rings. The lowest BCUT2D eigenvalue weighted by Crippen LogP contribution is -2.50. The smallest absolute Gasteiger partial charge is 0.305 e. The molecule has 3 rings (SSSR count). The van der Waals surface area contributed by atoms with E-state index >= 15 is 0 Å². The number of para-hydroxylation sites is 1. The number of amides is 1. The molecule has 0 spiro atoms. The monoisotopic (exact) mass is 422 g/mol. The molecule has 0 saturated carbocycles. The molecular formula is C26H34N2O3. The van der Waals surface area contributed by atoms with Crippen molar-refractivity contribution in [2.45, 2.75) is 63.5 Å². The van der Waals surface area contributed by atoms with Gasteiger partial charge in [0.25, 0.3) is 0 Å². The predicted octanol–water partition coefficient (Wildman–Crippen LogP) is 4.51. The van der Waals surface area contributed by atoms with Crippen molar-refractivity contribution in [3.63, 3.8) is 0 Å². The molecule has 2 aromatic carbocycles. The molecule has 166 valence electrons. The van der Waals surface area contributed by atoms with Gasteiger partial charge in [-0.1, -0.05) is 48.5 Å². The molecule has 2 unspecified atom stereocenters. The molecule has 31 heavy (non-hydrogen) atoms. The van der Waals surface area contributed by atoms with Gasteiger partial charge in [-0.15, -0.1) is 0 Å². The van der Waals surface area contributed by atoms with E-state index in [0.717, 1.165) is 37.9 Å². The van der Waals surface area contributed by atoms with Gasteiger partial charge in [-0.3, -0.25) is 9.59 Å². The third-order valence-corrected chi connectivity index (χ3v) is 6.01. The third-order valence-electron chi connectivity index (χ3n) is 6.01. The van der Waals surface area contributed by atoms with Gasteiger partial charge in [-0.25, -0.2) is 0 Å². The maximum absolute atomic E-state index is 13.2. The van der Waals surface area contributed by atoms with Crippen molar-refractivity contribution < 1.29 is 14.3 Å². The van der Waals surface area contributed by atoms with Crippen molar-refractivity contribution >= 4 is 17.6 Å². The summed E-state index contributed by atoms with van der Waals surface area (Å²) in [6.07, 6.45) is 6.19. The molecular weight excluding hydrogens is 388 g/mol. The van der Waals surface area contributed by atoms with E-state index in [0.29, 0.717) is 31.7 Å². The second kappa shape index (κ2) is 12.3. The Morgan fingerprint density at radius 1 is 1.00 bits per heavy atom. The zero-order valence-corrected chi connectivity index (χ0v) is 18.5. The lowest BCUT2D eigenvalue weighted by molar-refractivity contribution is -0.140. The average Bonchev–Trinajstić information content (AvgIpc) is 2.82. The number of carbonyl (C=O) groups is 2. The van der Waals surface area contributed by atoms with E-state index in [1.54, 1.807) is 0 Å². The Kier molecular flexibility index (Phi) is 9.10. The number of aryl methyl sites for hydroxylation is 1. The zero-order chi connectivity index (χ0) is 21.9. The van der Waals surface area contributed by atoms with Crippen LogP contribution in [0, 0.1) is 0 Å². The van der Waals surface area contributed by atoms with E-state index in [-0.39, 0.29) is 17.9 Å². The van der Waals surface area contributed by atoms with Crippen LogP contribution in [0.15, 0.2) is 60.7 Å². The molecule has 1 N–H and O–H groups in total. The maximum Gasteiger partial charge on any atom is 0.305 e. The maximum atomic E-state index is 13.2. The van der Waals surface area contributed by atoms with Crippen molar-refractivity contribution in [1.29, 1.82) is 0 Å². The quantitative estimate of drug-likeness (QED) is 0.452. The van der Waals surface area contributed by atoms with Gasteiger partial charge in [0, 0.05) is 30.6 Å². The standard InChI is InChI=1S/C26H34N2O3/c1-31-26(30)15-9-8-14-25(29)28(23-12-6-3-7-13-23)24-18-19-27-22(20-24)17-16-21-10-4-2-5-11-21/h2-7,10-13,22,24,27H,8-9,14-20H2,1H3. The number of anilines is 1. The number of nitrogens with zero attached hydrogens (tertiary/aromatic N) is 1. The minimum absolute atomic E-state index is 0.143. The Hall–Kier alpha value is -2.66. The van der Waals surface area contributed by atoms with Crippen LogP contribution in [0.2, 0.25) is 0 Å². The summed E-state index contributed by atoms with van der Waals surface area (Å²) in [4.78, 5) is 26.6. The van der Waals surface area contributed by atoms with Crippen LogP contribution in [-0.2, 0) is 20.7 Å². The third kappa shape index (κ3) is 7.21. The van der Waals surface area contributed by atoms with E-state index in [1.165, 1.54) is 12.7 Å². The van der Waals surface area contributed by atoms with Crippen LogP contribution in [0.5, 0.6) is 0 Å². The number of methoxy groups -OCH3 is 1. The molecule has 5 nitrogen and oxygen atoms in total. The van der Waals surface area contributed by atoms with Gasteiger partial charge in [-0.05, 0) is 62.8 Å². The summed E-state index contributed by atoms with van der Waals surface area (Å²) in [7, 11) is 1.40. The van der Waals surface area contributed by atoms with Crippen molar-refractivity contribution in [1.82, 2.24) is 5.32 Å². The Labute approximate surface area is 185 Å². The van der Waals surface area contributed by atoms with Gasteiger partial charge in [0.05, 0.1) is 7.11 Å². The molecule has 1 aliphatic rings. The number of carbonyl (C=O) groups excluding carboxylic acids is 2. The molecule has 1 heterocycles. The highest BCUT2D eigenvalue weighted by Crippen LogP contribution is 2.26. The van der Waals surface area contributed by atoms with Gasteiger partial charge >= 0.3 is 5.97 Å². The summed E-state index contributed by atoms with van der Waals surface area (Å²) >= 11 is 0. The Morgan fingerprint density at radius 2 is 1.68 bits per heavy atom. The number of nitrogens with one attached hydrogen (secondary N) is 1. The first kappa shape index (κ1) is 23.0. The molecule has 1 aliphatic heterocycles. The normalized spacial score (nSPS) is 18.4. The summed E-state index contributed by atoms with van der Waals surface area (Å²) < 4.78 is 4.69. The molecule has 1 saturated heterocycles. The van der Waals surface area contributed by atoms with Gasteiger partial charge in [0.15, 0.2) is 0 Å². The number of esters is 1. The molecule has 0 bridgehead atoms. The minimum Gasteiger partial charge on any atom is -0.469 e. The van der Waals surface area contributed by atoms with E-state index in [9.17, 15) is 9.59 Å². The second-order valence-corrected chi connectivity index (χ2v) is 8.24. The SMILES string of the molecule is COC(=O)CCCCC(=O)N(c1ccccc1)C1CCNC(CCc2ccccc2)C1. The highest BCUT2D eigenvalue weighted by atomic mass is 16.5. The van der Waals surface area contributed by atoms with Gasteiger partial charge < -0.3 is 15.0 Å². The lowest BCUT2D eigenvalue weighted by Gasteiger charge is -2.38. The second-order valence-electron chi connectivity index (χ2n) is 8.24. The summed E-state index contributed by atoms with van der Waals surface area (Å²) in [5, 5.41) is 3.65. The first-order valence-corrected chi connectivity index (χ1v) is 11.4. The van der Waals surface area contributed by atoms with E-state index in [1.807, 2.05) is 41.3 Å². The molecule has 0 radical (unpaired) electrons. The number of ether oxygens (including phenoxy) is 1. The van der Waals surface area contributed by atoms with Gasteiger partial charge in [0.1, 0.15) is 0 Å². The fourth-order valence-electron chi connectivity index (χ4n) is 4.34. The fourth-order valence-corrected chi connectivity index (χ4v) is 4.34. The largest absolute Gasteiger partial charge is 0.469 e. The molecule has 2 atom stereocenters. The molecule has 2 aromatic rings. The van der Waals surface area contributed by atoms with Crippen LogP contribution >= 0.6 is 0 Å². The zero-order valence-electron chi connectivity index (χ0n) is 18.5. The molecule has 0 aliphatic carbocycles. The summed E-state index contributed by atoms with van der Waals surface area (Å²) in [6, 6.07) is 21.2. The topological polar surface area (TPSA) is 58.6 Å². The Balaban J connectivity index is 1.61. The Bertz CT molecular complexity index is 810. The van der Waals surface area contributed by atoms with E-state index in [4.69, 9.17) is 4.74 Å². The number of hydrogen-bond acceptors (Lipinski definition) is 4. The summed E-state index contributed by atoms with van der Waals surface area (Å²) in [6.45, 7) is 0.920. The van der Waals surface area contributed by atoms with Gasteiger partial charge in [-0.2, -0.15) is 0 Å². The van der Waals surface area contributed by atoms with Crippen LogP contribution in [-0.4, -0.2) is 37.6 Å². The van der Waals surface area contributed by atoms with Crippen molar-refractivity contribution in [3.05, 3.63) is 66.2 Å². The van der Waals surface area contributed by atoms with E-state index in [2.05, 4.69) is 29.6 Å². The number of unbranched alkanes of at least 4 members (excludes halogenated alkanes) is 1. The number of rotatable bonds is 10. The van der Waals surface area contributed by atoms with Crippen LogP contribution in [0.3, 0.4) is 0 Å². The molecule has 1 amide bonds. The summed E-state index contributed by atoms with van der Waals surface area (Å²) in [5.41, 5.74) is 2.32. The van der Waals surface area contributed by atoms with Crippen LogP contribution < -0.4 is 10.2 Å². The highest BCUT2D eigenvalue weighted by molar-refractivity contribution is 5.94. The van der Waals surface area contributed by atoms with Crippen LogP contribution in [0.25, 0.3) is 0 Å². The van der Waals surface area contributed by atoms with Crippen molar-refractivity contribution in [2.24, 2.45) is 0 Å². The number of benzene rings is 2. The summed E-state index contributed by atoms with van der Waals surface area (Å²) in [5.74, 6) is -0.0725. The number of piperidine rings is 1. The Morgan fingerprint density at radius 3 is 2.39 bits per heavy atom. The molecule has 0 aromatic heterocycles. The van der Waals surface area contributed by atoms with E-state index < -0.39 is 0 Å². The van der Waals surface area contributed by atoms with Crippen molar-refractivity contribution in [2.75, 3.05) is 18.6 Å². The molecule has 5 heteroatoms. The van der Waals surface area contributed by atoms with Gasteiger partial charge in [0.2, 0.25) is 5.91 Å². The lowest BCUT2D eigenvalue weighted by atomic mass is 9.92. The fraction of sp³-hybridized carbons (Fsp3) is 0.462. The average molecular weight is 423 g/mol. The first-order chi connectivity index (χ1) is 15.2. The first-order valence-electron chi connectivity index (χ1n) is 11.4. The number of hydrogen-bond donors (Lipinski definition) is 1. The van der Waals surface area contributed by atoms with Crippen LogP contribution in [0.1, 0.15) is 50.5 Å².